The van der Waals surface area contributed by atoms with Crippen LogP contribution in [0.2, 0.25) is 0 Å². The van der Waals surface area contributed by atoms with Crippen LogP contribution in [-0.4, -0.2) is 35.7 Å². The molecular formula is C12H16O5. The summed E-state index contributed by atoms with van der Waals surface area (Å²) >= 11 is 0. The number of aliphatic hydroxyl groups excluding tert-OH is 1. The molecule has 0 saturated carbocycles. The predicted octanol–water partition coefficient (Wildman–Crippen LogP) is 0.833. The van der Waals surface area contributed by atoms with Crippen LogP contribution < -0.4 is 0 Å². The van der Waals surface area contributed by atoms with Crippen molar-refractivity contribution in [3.8, 4) is 5.75 Å². The molecule has 2 N–H and O–H groups in total. The van der Waals surface area contributed by atoms with Gasteiger partial charge in [-0.1, -0.05) is 12.1 Å². The van der Waals surface area contributed by atoms with Crippen molar-refractivity contribution in [3.63, 3.8) is 0 Å². The van der Waals surface area contributed by atoms with Crippen LogP contribution in [0.25, 0.3) is 0 Å². The van der Waals surface area contributed by atoms with Crippen LogP contribution in [0.1, 0.15) is 12.5 Å². The van der Waals surface area contributed by atoms with E-state index < -0.39 is 12.3 Å². The highest BCUT2D eigenvalue weighted by molar-refractivity contribution is 5.72. The minimum absolute atomic E-state index is 0.111. The molecule has 1 rings (SSSR count). The first-order chi connectivity index (χ1) is 8.11. The van der Waals surface area contributed by atoms with Gasteiger partial charge in [-0.25, -0.2) is 0 Å². The molecule has 0 bridgehead atoms. The molecule has 1 atom stereocenters. The van der Waals surface area contributed by atoms with Crippen molar-refractivity contribution < 1.29 is 24.5 Å². The lowest BCUT2D eigenvalue weighted by Crippen LogP contribution is -2.20. The maximum absolute atomic E-state index is 11.4. The third kappa shape index (κ3) is 5.33. The van der Waals surface area contributed by atoms with E-state index in [2.05, 4.69) is 0 Å². The molecule has 0 aliphatic rings. The van der Waals surface area contributed by atoms with Crippen molar-refractivity contribution in [1.29, 1.82) is 0 Å². The second kappa shape index (κ2) is 6.88. The summed E-state index contributed by atoms with van der Waals surface area (Å²) in [6.07, 6.45) is -0.556. The van der Waals surface area contributed by atoms with E-state index in [1.165, 1.54) is 12.1 Å². The molecular weight excluding hydrogens is 224 g/mol. The van der Waals surface area contributed by atoms with E-state index in [1.807, 2.05) is 0 Å². The van der Waals surface area contributed by atoms with Crippen molar-refractivity contribution in [3.05, 3.63) is 29.8 Å². The quantitative estimate of drug-likeness (QED) is 0.569. The van der Waals surface area contributed by atoms with Gasteiger partial charge in [0.25, 0.3) is 0 Å². The van der Waals surface area contributed by atoms with Crippen molar-refractivity contribution in [2.24, 2.45) is 0 Å². The normalized spacial score (nSPS) is 12.1. The van der Waals surface area contributed by atoms with Gasteiger partial charge in [-0.05, 0) is 24.6 Å². The minimum Gasteiger partial charge on any atom is -0.508 e. The average molecular weight is 240 g/mol. The highest BCUT2D eigenvalue weighted by Gasteiger charge is 2.10. The maximum atomic E-state index is 11.4. The lowest BCUT2D eigenvalue weighted by atomic mass is 10.1. The Bertz CT molecular complexity index is 346. The molecule has 1 aromatic carbocycles. The number of phenols is 1. The van der Waals surface area contributed by atoms with Gasteiger partial charge in [-0.3, -0.25) is 4.79 Å². The first kappa shape index (κ1) is 13.5. The molecule has 0 radical (unpaired) electrons. The Hall–Kier alpha value is -1.59. The standard InChI is InChI=1S/C12H16O5/c1-9(16-7-6-13)17-12(15)8-10-2-4-11(14)5-3-10/h2-5,9,13-14H,6-8H2,1H3. The molecule has 0 heterocycles. The Labute approximate surface area is 99.6 Å². The van der Waals surface area contributed by atoms with Gasteiger partial charge < -0.3 is 19.7 Å². The number of aromatic hydroxyl groups is 1. The summed E-state index contributed by atoms with van der Waals surface area (Å²) in [6.45, 7) is 1.61. The summed E-state index contributed by atoms with van der Waals surface area (Å²) in [5.41, 5.74) is 0.752. The van der Waals surface area contributed by atoms with E-state index in [4.69, 9.17) is 19.7 Å². The van der Waals surface area contributed by atoms with Gasteiger partial charge in [0.15, 0.2) is 6.29 Å². The second-order valence-electron chi connectivity index (χ2n) is 3.50. The van der Waals surface area contributed by atoms with Crippen molar-refractivity contribution >= 4 is 5.97 Å². The number of carbonyl (C=O) groups is 1. The molecule has 0 aliphatic carbocycles. The number of rotatable bonds is 6. The lowest BCUT2D eigenvalue weighted by Gasteiger charge is -2.13. The summed E-state index contributed by atoms with van der Waals surface area (Å²) in [5.74, 6) is -0.261. The van der Waals surface area contributed by atoms with Crippen LogP contribution in [0.15, 0.2) is 24.3 Å². The summed E-state index contributed by atoms with van der Waals surface area (Å²) in [5, 5.41) is 17.6. The highest BCUT2D eigenvalue weighted by atomic mass is 16.7. The number of phenolic OH excluding ortho intramolecular Hbond substituents is 1. The molecule has 0 aliphatic heterocycles. The third-order valence-electron chi connectivity index (χ3n) is 2.03. The van der Waals surface area contributed by atoms with Gasteiger partial charge in [0.1, 0.15) is 5.75 Å². The topological polar surface area (TPSA) is 76.0 Å². The second-order valence-corrected chi connectivity index (χ2v) is 3.50. The average Bonchev–Trinajstić information content (AvgIpc) is 2.29. The summed E-state index contributed by atoms with van der Waals surface area (Å²) < 4.78 is 9.94. The number of esters is 1. The first-order valence-corrected chi connectivity index (χ1v) is 5.31. The van der Waals surface area contributed by atoms with Gasteiger partial charge in [-0.2, -0.15) is 0 Å². The van der Waals surface area contributed by atoms with E-state index in [1.54, 1.807) is 19.1 Å². The van der Waals surface area contributed by atoms with E-state index in [0.717, 1.165) is 5.56 Å². The van der Waals surface area contributed by atoms with Gasteiger partial charge in [-0.15, -0.1) is 0 Å². The van der Waals surface area contributed by atoms with Crippen LogP contribution in [0.4, 0.5) is 0 Å². The molecule has 0 saturated heterocycles. The van der Waals surface area contributed by atoms with Crippen LogP contribution in [-0.2, 0) is 20.7 Å². The van der Waals surface area contributed by atoms with E-state index in [-0.39, 0.29) is 25.4 Å². The zero-order chi connectivity index (χ0) is 12.7. The fourth-order valence-electron chi connectivity index (χ4n) is 1.26. The number of benzene rings is 1. The van der Waals surface area contributed by atoms with Crippen LogP contribution in [0.5, 0.6) is 5.75 Å². The summed E-state index contributed by atoms with van der Waals surface area (Å²) in [6, 6.07) is 6.31. The maximum Gasteiger partial charge on any atom is 0.312 e. The molecule has 5 heteroatoms. The van der Waals surface area contributed by atoms with Gasteiger partial charge in [0, 0.05) is 0 Å². The zero-order valence-corrected chi connectivity index (χ0v) is 9.63. The molecule has 1 unspecified atom stereocenters. The number of hydrogen-bond donors (Lipinski definition) is 2. The molecule has 94 valence electrons. The molecule has 17 heavy (non-hydrogen) atoms. The number of aliphatic hydroxyl groups is 1. The molecule has 0 fully saturated rings. The van der Waals surface area contributed by atoms with E-state index >= 15 is 0 Å². The fraction of sp³-hybridized carbons (Fsp3) is 0.417. The van der Waals surface area contributed by atoms with Crippen molar-refractivity contribution in [1.82, 2.24) is 0 Å². The van der Waals surface area contributed by atoms with Crippen molar-refractivity contribution in [2.75, 3.05) is 13.2 Å². The Morgan fingerprint density at radius 2 is 2.00 bits per heavy atom. The Kier molecular flexibility index (Phi) is 5.45. The monoisotopic (exact) mass is 240 g/mol. The first-order valence-electron chi connectivity index (χ1n) is 5.31. The molecule has 0 aromatic heterocycles. The van der Waals surface area contributed by atoms with Crippen LogP contribution in [0.3, 0.4) is 0 Å². The van der Waals surface area contributed by atoms with Gasteiger partial charge >= 0.3 is 5.97 Å². The SMILES string of the molecule is CC(OCCO)OC(=O)Cc1ccc(O)cc1. The number of carbonyl (C=O) groups excluding carboxylic acids is 1. The van der Waals surface area contributed by atoms with E-state index in [9.17, 15) is 4.79 Å². The summed E-state index contributed by atoms with van der Waals surface area (Å²) in [7, 11) is 0. The molecule has 5 nitrogen and oxygen atoms in total. The molecule has 1 aromatic rings. The third-order valence-corrected chi connectivity index (χ3v) is 2.03. The Morgan fingerprint density at radius 1 is 1.35 bits per heavy atom. The summed E-state index contributed by atoms with van der Waals surface area (Å²) in [4.78, 5) is 11.4. The highest BCUT2D eigenvalue weighted by Crippen LogP contribution is 2.10. The molecule has 0 spiro atoms. The fourth-order valence-corrected chi connectivity index (χ4v) is 1.26. The molecule has 0 amide bonds. The van der Waals surface area contributed by atoms with E-state index in [0.29, 0.717) is 0 Å². The van der Waals surface area contributed by atoms with Gasteiger partial charge in [0.2, 0.25) is 0 Å². The predicted molar refractivity (Wildman–Crippen MR) is 60.4 cm³/mol. The van der Waals surface area contributed by atoms with Crippen molar-refractivity contribution in [2.45, 2.75) is 19.6 Å². The van der Waals surface area contributed by atoms with Crippen LogP contribution >= 0.6 is 0 Å². The smallest absolute Gasteiger partial charge is 0.312 e. The minimum atomic E-state index is -0.674. The lowest BCUT2D eigenvalue weighted by molar-refractivity contribution is -0.175. The van der Waals surface area contributed by atoms with Gasteiger partial charge in [0.05, 0.1) is 19.6 Å². The largest absolute Gasteiger partial charge is 0.508 e. The zero-order valence-electron chi connectivity index (χ0n) is 9.63. The van der Waals surface area contributed by atoms with Crippen LogP contribution in [0, 0.1) is 0 Å². The Morgan fingerprint density at radius 3 is 2.59 bits per heavy atom. The number of hydrogen-bond acceptors (Lipinski definition) is 5. The Balaban J connectivity index is 2.36. The number of ether oxygens (including phenoxy) is 2.